The molecule has 0 saturated heterocycles. The van der Waals surface area contributed by atoms with Crippen LogP contribution < -0.4 is 4.72 Å². The number of fused-ring (bicyclic) bond motifs is 1. The number of rotatable bonds is 6. The van der Waals surface area contributed by atoms with E-state index in [1.807, 2.05) is 0 Å². The number of anilines is 1. The molecule has 0 unspecified atom stereocenters. The SMILES string of the molecule is CCCS(=O)(=O)c1nc2ccc(NS(=O)(=O)c3cc(F)ccc3C)cc2s1. The molecule has 0 aliphatic carbocycles. The van der Waals surface area contributed by atoms with E-state index in [4.69, 9.17) is 0 Å². The molecule has 144 valence electrons. The quantitative estimate of drug-likeness (QED) is 0.646. The molecule has 0 atom stereocenters. The van der Waals surface area contributed by atoms with E-state index in [2.05, 4.69) is 9.71 Å². The smallest absolute Gasteiger partial charge is 0.262 e. The fourth-order valence-corrected chi connectivity index (χ4v) is 6.55. The summed E-state index contributed by atoms with van der Waals surface area (Å²) >= 11 is 0.992. The third-order valence-corrected chi connectivity index (χ3v) is 8.72. The van der Waals surface area contributed by atoms with Crippen LogP contribution in [0.1, 0.15) is 18.9 Å². The normalized spacial score (nSPS) is 12.4. The second-order valence-electron chi connectivity index (χ2n) is 6.00. The van der Waals surface area contributed by atoms with Crippen molar-refractivity contribution in [1.82, 2.24) is 4.98 Å². The zero-order valence-corrected chi connectivity index (χ0v) is 17.0. The first-order valence-electron chi connectivity index (χ1n) is 8.05. The number of sulfonamides is 1. The van der Waals surface area contributed by atoms with E-state index in [9.17, 15) is 21.2 Å². The van der Waals surface area contributed by atoms with Gasteiger partial charge >= 0.3 is 0 Å². The fourth-order valence-electron chi connectivity index (χ4n) is 2.53. The van der Waals surface area contributed by atoms with Gasteiger partial charge in [0.2, 0.25) is 14.2 Å². The lowest BCUT2D eigenvalue weighted by Crippen LogP contribution is -2.14. The molecule has 0 fully saturated rings. The summed E-state index contributed by atoms with van der Waals surface area (Å²) in [6.07, 6.45) is 0.482. The highest BCUT2D eigenvalue weighted by atomic mass is 32.2. The molecule has 10 heteroatoms. The van der Waals surface area contributed by atoms with Crippen LogP contribution in [-0.4, -0.2) is 27.6 Å². The molecular formula is C17H17FN2O4S3. The first kappa shape index (κ1) is 19.7. The predicted molar refractivity (Wildman–Crippen MR) is 104 cm³/mol. The zero-order chi connectivity index (χ0) is 19.8. The maximum absolute atomic E-state index is 13.4. The van der Waals surface area contributed by atoms with Crippen molar-refractivity contribution in [3.05, 3.63) is 47.8 Å². The average molecular weight is 429 g/mol. The first-order valence-corrected chi connectivity index (χ1v) is 12.0. The summed E-state index contributed by atoms with van der Waals surface area (Å²) in [5, 5.41) is 0. The Morgan fingerprint density at radius 3 is 2.56 bits per heavy atom. The number of hydrogen-bond acceptors (Lipinski definition) is 6. The van der Waals surface area contributed by atoms with Gasteiger partial charge in [0.1, 0.15) is 5.82 Å². The molecule has 3 aromatic rings. The Bertz CT molecular complexity index is 1220. The van der Waals surface area contributed by atoms with Crippen molar-refractivity contribution in [2.45, 2.75) is 29.5 Å². The monoisotopic (exact) mass is 428 g/mol. The number of aryl methyl sites for hydroxylation is 1. The van der Waals surface area contributed by atoms with Gasteiger partial charge in [-0.15, -0.1) is 11.3 Å². The number of aromatic nitrogens is 1. The largest absolute Gasteiger partial charge is 0.280 e. The minimum Gasteiger partial charge on any atom is -0.280 e. The summed E-state index contributed by atoms with van der Waals surface area (Å²) in [5.74, 6) is -0.643. The molecule has 0 amide bonds. The fraction of sp³-hybridized carbons (Fsp3) is 0.235. The van der Waals surface area contributed by atoms with Crippen LogP contribution in [0.5, 0.6) is 0 Å². The Labute approximate surface area is 161 Å². The van der Waals surface area contributed by atoms with Gasteiger partial charge in [-0.2, -0.15) is 0 Å². The van der Waals surface area contributed by atoms with Crippen LogP contribution in [0, 0.1) is 12.7 Å². The molecule has 0 bridgehead atoms. The lowest BCUT2D eigenvalue weighted by atomic mass is 10.2. The van der Waals surface area contributed by atoms with Crippen LogP contribution in [0.2, 0.25) is 0 Å². The highest BCUT2D eigenvalue weighted by molar-refractivity contribution is 7.93. The minimum absolute atomic E-state index is 0.00512. The number of nitrogens with one attached hydrogen (secondary N) is 1. The van der Waals surface area contributed by atoms with E-state index in [1.54, 1.807) is 19.9 Å². The van der Waals surface area contributed by atoms with Gasteiger partial charge in [0, 0.05) is 0 Å². The molecule has 0 aliphatic heterocycles. The number of nitrogens with zero attached hydrogens (tertiary/aromatic N) is 1. The van der Waals surface area contributed by atoms with E-state index in [-0.39, 0.29) is 20.7 Å². The molecule has 6 nitrogen and oxygen atoms in total. The third-order valence-electron chi connectivity index (χ3n) is 3.80. The van der Waals surface area contributed by atoms with Gasteiger partial charge in [0.25, 0.3) is 10.0 Å². The molecular weight excluding hydrogens is 411 g/mol. The Kier molecular flexibility index (Phi) is 5.24. The van der Waals surface area contributed by atoms with Gasteiger partial charge in [-0.1, -0.05) is 13.0 Å². The summed E-state index contributed by atoms with van der Waals surface area (Å²) in [4.78, 5) is 3.97. The molecule has 1 aromatic heterocycles. The van der Waals surface area contributed by atoms with Crippen molar-refractivity contribution in [2.75, 3.05) is 10.5 Å². The zero-order valence-electron chi connectivity index (χ0n) is 14.6. The van der Waals surface area contributed by atoms with Gasteiger partial charge < -0.3 is 0 Å². The van der Waals surface area contributed by atoms with Crippen molar-refractivity contribution in [1.29, 1.82) is 0 Å². The van der Waals surface area contributed by atoms with E-state index in [1.165, 1.54) is 24.3 Å². The van der Waals surface area contributed by atoms with Crippen LogP contribution >= 0.6 is 11.3 Å². The molecule has 0 radical (unpaired) electrons. The Morgan fingerprint density at radius 2 is 1.85 bits per heavy atom. The van der Waals surface area contributed by atoms with Gasteiger partial charge in [0.15, 0.2) is 0 Å². The van der Waals surface area contributed by atoms with Crippen LogP contribution in [0.4, 0.5) is 10.1 Å². The average Bonchev–Trinajstić information content (AvgIpc) is 3.01. The number of benzene rings is 2. The topological polar surface area (TPSA) is 93.2 Å². The first-order chi connectivity index (χ1) is 12.6. The molecule has 0 spiro atoms. The number of halogens is 1. The van der Waals surface area contributed by atoms with Gasteiger partial charge in [-0.3, -0.25) is 4.72 Å². The van der Waals surface area contributed by atoms with E-state index in [0.717, 1.165) is 17.4 Å². The van der Waals surface area contributed by atoms with Gasteiger partial charge in [-0.25, -0.2) is 26.2 Å². The minimum atomic E-state index is -3.99. The van der Waals surface area contributed by atoms with Crippen LogP contribution in [-0.2, 0) is 19.9 Å². The van der Waals surface area contributed by atoms with Crippen molar-refractivity contribution >= 4 is 47.1 Å². The van der Waals surface area contributed by atoms with E-state index in [0.29, 0.717) is 22.2 Å². The maximum Gasteiger partial charge on any atom is 0.262 e. The van der Waals surface area contributed by atoms with Crippen molar-refractivity contribution in [3.8, 4) is 0 Å². The van der Waals surface area contributed by atoms with Crippen LogP contribution in [0.3, 0.4) is 0 Å². The summed E-state index contributed by atoms with van der Waals surface area (Å²) < 4.78 is 65.9. The highest BCUT2D eigenvalue weighted by Crippen LogP contribution is 2.30. The van der Waals surface area contributed by atoms with Gasteiger partial charge in [0.05, 0.1) is 26.6 Å². The maximum atomic E-state index is 13.4. The molecule has 3 rings (SSSR count). The second kappa shape index (κ2) is 7.17. The number of thiazole rings is 1. The molecule has 0 aliphatic rings. The molecule has 27 heavy (non-hydrogen) atoms. The standard InChI is InChI=1S/C17H17FN2O4S3/c1-3-8-26(21,22)17-19-14-7-6-13(10-15(14)25-17)20-27(23,24)16-9-12(18)5-4-11(16)2/h4-7,9-10,20H,3,8H2,1-2H3. The van der Waals surface area contributed by atoms with Crippen LogP contribution in [0.15, 0.2) is 45.6 Å². The van der Waals surface area contributed by atoms with Gasteiger partial charge in [-0.05, 0) is 49.2 Å². The summed E-state index contributed by atoms with van der Waals surface area (Å²) in [6, 6.07) is 8.09. The van der Waals surface area contributed by atoms with Crippen LogP contribution in [0.25, 0.3) is 10.2 Å². The Hall–Kier alpha value is -2.04. The predicted octanol–water partition coefficient (Wildman–Crippen LogP) is 3.73. The highest BCUT2D eigenvalue weighted by Gasteiger charge is 2.21. The lowest BCUT2D eigenvalue weighted by molar-refractivity contribution is 0.593. The molecule has 1 heterocycles. The summed E-state index contributed by atoms with van der Waals surface area (Å²) in [5.41, 5.74) is 1.13. The molecule has 1 N–H and O–H groups in total. The third kappa shape index (κ3) is 4.12. The van der Waals surface area contributed by atoms with Crippen molar-refractivity contribution < 1.29 is 21.2 Å². The van der Waals surface area contributed by atoms with E-state index >= 15 is 0 Å². The van der Waals surface area contributed by atoms with E-state index < -0.39 is 25.7 Å². The second-order valence-corrected chi connectivity index (χ2v) is 11.0. The van der Waals surface area contributed by atoms with Crippen molar-refractivity contribution in [3.63, 3.8) is 0 Å². The lowest BCUT2D eigenvalue weighted by Gasteiger charge is -2.10. The summed E-state index contributed by atoms with van der Waals surface area (Å²) in [7, 11) is -7.44. The summed E-state index contributed by atoms with van der Waals surface area (Å²) in [6.45, 7) is 3.34. The van der Waals surface area contributed by atoms with Crippen molar-refractivity contribution in [2.24, 2.45) is 0 Å². The molecule has 0 saturated carbocycles. The number of hydrogen-bond donors (Lipinski definition) is 1. The number of sulfone groups is 1. The Balaban J connectivity index is 1.97. The molecule has 2 aromatic carbocycles. The Morgan fingerprint density at radius 1 is 1.11 bits per heavy atom.